The number of benzene rings is 1. The normalized spacial score (nSPS) is 22.9. The first-order chi connectivity index (χ1) is 18.0. The zero-order valence-corrected chi connectivity index (χ0v) is 22.1. The zero-order chi connectivity index (χ0) is 25.7. The maximum absolute atomic E-state index is 13.4. The van der Waals surface area contributed by atoms with Crippen LogP contribution in [0.15, 0.2) is 42.5 Å². The van der Waals surface area contributed by atoms with Crippen LogP contribution in [-0.4, -0.2) is 65.9 Å². The van der Waals surface area contributed by atoms with Gasteiger partial charge < -0.3 is 15.0 Å². The van der Waals surface area contributed by atoms with E-state index in [2.05, 4.69) is 22.3 Å². The van der Waals surface area contributed by atoms with Crippen molar-refractivity contribution < 1.29 is 14.3 Å². The standard InChI is InChI=1S/C30H40N4O3/c1-23-8-6-11-25(32-23)26-12-7-18-34(26)28(35)22-33-19-15-30(16-20-33)14-5-4-10-24-9-2-3-13-27(24)37-21-17-31-29(30)36/h2-3,6,8-9,11,13,26H,4-5,7,10,12,14-22H2,1H3,(H,31,36). The number of carbonyl (C=O) groups excluding carboxylic acids is 2. The predicted octanol–water partition coefficient (Wildman–Crippen LogP) is 4.06. The van der Waals surface area contributed by atoms with Gasteiger partial charge in [0.2, 0.25) is 11.8 Å². The van der Waals surface area contributed by atoms with Gasteiger partial charge in [-0.05, 0) is 88.7 Å². The van der Waals surface area contributed by atoms with Crippen molar-refractivity contribution in [2.45, 2.75) is 64.3 Å². The minimum Gasteiger partial charge on any atom is -0.491 e. The number of hydrogen-bond donors (Lipinski definition) is 1. The molecule has 3 aliphatic rings. The first kappa shape index (κ1) is 25.7. The topological polar surface area (TPSA) is 74.8 Å². The lowest BCUT2D eigenvalue weighted by atomic mass is 9.73. The number of rotatable bonds is 3. The molecule has 37 heavy (non-hydrogen) atoms. The fourth-order valence-electron chi connectivity index (χ4n) is 6.28. The Hall–Kier alpha value is -2.93. The summed E-state index contributed by atoms with van der Waals surface area (Å²) in [5.74, 6) is 1.27. The van der Waals surface area contributed by atoms with E-state index >= 15 is 0 Å². The highest BCUT2D eigenvalue weighted by molar-refractivity contribution is 5.83. The molecule has 1 spiro atoms. The van der Waals surface area contributed by atoms with Crippen molar-refractivity contribution in [3.63, 3.8) is 0 Å². The summed E-state index contributed by atoms with van der Waals surface area (Å²) < 4.78 is 5.97. The Morgan fingerprint density at radius 3 is 2.73 bits per heavy atom. The second kappa shape index (κ2) is 11.6. The van der Waals surface area contributed by atoms with E-state index in [1.165, 1.54) is 5.56 Å². The van der Waals surface area contributed by atoms with Gasteiger partial charge in [-0.2, -0.15) is 0 Å². The fraction of sp³-hybridized carbons (Fsp3) is 0.567. The van der Waals surface area contributed by atoms with Crippen molar-refractivity contribution in [2.24, 2.45) is 5.41 Å². The molecule has 1 N–H and O–H groups in total. The van der Waals surface area contributed by atoms with Gasteiger partial charge >= 0.3 is 0 Å². The van der Waals surface area contributed by atoms with E-state index in [-0.39, 0.29) is 23.3 Å². The Morgan fingerprint density at radius 2 is 1.89 bits per heavy atom. The number of nitrogens with zero attached hydrogens (tertiary/aromatic N) is 3. The van der Waals surface area contributed by atoms with E-state index in [9.17, 15) is 9.59 Å². The third-order valence-corrected chi connectivity index (χ3v) is 8.45. The van der Waals surface area contributed by atoms with Crippen LogP contribution in [0, 0.1) is 12.3 Å². The van der Waals surface area contributed by atoms with Gasteiger partial charge in [0.25, 0.3) is 0 Å². The first-order valence-electron chi connectivity index (χ1n) is 14.0. The van der Waals surface area contributed by atoms with Gasteiger partial charge in [0.1, 0.15) is 12.4 Å². The van der Waals surface area contributed by atoms with Gasteiger partial charge in [-0.1, -0.05) is 30.7 Å². The Labute approximate surface area is 220 Å². The van der Waals surface area contributed by atoms with Crippen LogP contribution in [0.3, 0.4) is 0 Å². The number of pyridine rings is 1. The summed E-state index contributed by atoms with van der Waals surface area (Å²) in [6.45, 7) is 5.76. The summed E-state index contributed by atoms with van der Waals surface area (Å²) >= 11 is 0. The Morgan fingerprint density at radius 1 is 1.05 bits per heavy atom. The maximum atomic E-state index is 13.4. The molecule has 0 bridgehead atoms. The van der Waals surface area contributed by atoms with Crippen molar-refractivity contribution in [1.82, 2.24) is 20.1 Å². The molecule has 1 aromatic heterocycles. The number of nitrogens with one attached hydrogen (secondary N) is 1. The molecule has 2 amide bonds. The number of fused-ring (bicyclic) bond motifs is 1. The van der Waals surface area contributed by atoms with Crippen LogP contribution < -0.4 is 10.1 Å². The summed E-state index contributed by atoms with van der Waals surface area (Å²) in [4.78, 5) is 35.6. The van der Waals surface area contributed by atoms with Crippen molar-refractivity contribution in [1.29, 1.82) is 0 Å². The summed E-state index contributed by atoms with van der Waals surface area (Å²) in [6, 6.07) is 14.4. The highest BCUT2D eigenvalue weighted by atomic mass is 16.5. The third kappa shape index (κ3) is 5.98. The van der Waals surface area contributed by atoms with Crippen molar-refractivity contribution in [3.8, 4) is 5.75 Å². The zero-order valence-electron chi connectivity index (χ0n) is 22.1. The van der Waals surface area contributed by atoms with Crippen LogP contribution in [0.4, 0.5) is 0 Å². The molecular formula is C30H40N4O3. The summed E-state index contributed by atoms with van der Waals surface area (Å²) in [5.41, 5.74) is 2.89. The van der Waals surface area contributed by atoms with Gasteiger partial charge in [-0.3, -0.25) is 19.5 Å². The predicted molar refractivity (Wildman–Crippen MR) is 143 cm³/mol. The lowest BCUT2D eigenvalue weighted by Gasteiger charge is -2.41. The Balaban J connectivity index is 1.18. The fourth-order valence-corrected chi connectivity index (χ4v) is 6.28. The van der Waals surface area contributed by atoms with Gasteiger partial charge in [0.05, 0.1) is 30.2 Å². The molecule has 2 aromatic rings. The van der Waals surface area contributed by atoms with Crippen molar-refractivity contribution in [2.75, 3.05) is 39.3 Å². The minimum absolute atomic E-state index is 0.0768. The number of amides is 2. The number of aromatic nitrogens is 1. The molecule has 1 atom stereocenters. The van der Waals surface area contributed by atoms with Crippen LogP contribution >= 0.6 is 0 Å². The minimum atomic E-state index is -0.347. The number of carbonyl (C=O) groups is 2. The van der Waals surface area contributed by atoms with E-state index in [1.807, 2.05) is 42.2 Å². The highest BCUT2D eigenvalue weighted by Crippen LogP contribution is 2.38. The van der Waals surface area contributed by atoms with Gasteiger partial charge in [-0.25, -0.2) is 0 Å². The highest BCUT2D eigenvalue weighted by Gasteiger charge is 2.41. The van der Waals surface area contributed by atoms with Crippen LogP contribution in [0.5, 0.6) is 5.75 Å². The summed E-state index contributed by atoms with van der Waals surface area (Å²) in [5, 5.41) is 3.16. The van der Waals surface area contributed by atoms with E-state index in [1.54, 1.807) is 0 Å². The molecule has 7 heteroatoms. The molecule has 0 saturated carbocycles. The molecule has 1 aromatic carbocycles. The van der Waals surface area contributed by atoms with Crippen LogP contribution in [-0.2, 0) is 16.0 Å². The molecule has 0 aliphatic carbocycles. The second-order valence-corrected chi connectivity index (χ2v) is 10.9. The molecule has 0 radical (unpaired) electrons. The van der Waals surface area contributed by atoms with Crippen LogP contribution in [0.2, 0.25) is 0 Å². The average molecular weight is 505 g/mol. The lowest BCUT2D eigenvalue weighted by molar-refractivity contribution is -0.137. The van der Waals surface area contributed by atoms with E-state index < -0.39 is 0 Å². The third-order valence-electron chi connectivity index (χ3n) is 8.45. The molecule has 5 rings (SSSR count). The Kier molecular flexibility index (Phi) is 8.08. The smallest absolute Gasteiger partial charge is 0.237 e. The molecule has 7 nitrogen and oxygen atoms in total. The maximum Gasteiger partial charge on any atom is 0.237 e. The first-order valence-corrected chi connectivity index (χ1v) is 14.0. The SMILES string of the molecule is Cc1cccc(C2CCCN2C(=O)CN2CCC3(CCCCc4ccccc4OCCNC3=O)CC2)n1. The number of hydrogen-bond acceptors (Lipinski definition) is 5. The van der Waals surface area contributed by atoms with Gasteiger partial charge in [-0.15, -0.1) is 0 Å². The lowest BCUT2D eigenvalue weighted by Crippen LogP contribution is -2.51. The summed E-state index contributed by atoms with van der Waals surface area (Å²) in [6.07, 6.45) is 7.51. The van der Waals surface area contributed by atoms with Gasteiger partial charge in [0, 0.05) is 12.2 Å². The van der Waals surface area contributed by atoms with Crippen molar-refractivity contribution in [3.05, 3.63) is 59.4 Å². The second-order valence-electron chi connectivity index (χ2n) is 10.9. The largest absolute Gasteiger partial charge is 0.491 e. The molecule has 3 aliphatic heterocycles. The quantitative estimate of drug-likeness (QED) is 0.683. The van der Waals surface area contributed by atoms with E-state index in [0.717, 1.165) is 88.1 Å². The number of para-hydroxylation sites is 1. The Bertz CT molecular complexity index is 1100. The van der Waals surface area contributed by atoms with Gasteiger partial charge in [0.15, 0.2) is 0 Å². The van der Waals surface area contributed by atoms with Crippen molar-refractivity contribution >= 4 is 11.8 Å². The number of likely N-dealkylation sites (tertiary alicyclic amines) is 2. The summed E-state index contributed by atoms with van der Waals surface area (Å²) in [7, 11) is 0. The van der Waals surface area contributed by atoms with E-state index in [0.29, 0.717) is 19.7 Å². The van der Waals surface area contributed by atoms with E-state index in [4.69, 9.17) is 9.72 Å². The molecule has 4 heterocycles. The number of piperidine rings is 1. The number of aryl methyl sites for hydroxylation is 2. The molecule has 198 valence electrons. The molecule has 2 saturated heterocycles. The molecule has 2 fully saturated rings. The monoisotopic (exact) mass is 504 g/mol. The average Bonchev–Trinajstić information content (AvgIpc) is 3.40. The van der Waals surface area contributed by atoms with Crippen LogP contribution in [0.25, 0.3) is 0 Å². The molecular weight excluding hydrogens is 464 g/mol. The molecule has 1 unspecified atom stereocenters. The van der Waals surface area contributed by atoms with Crippen LogP contribution in [0.1, 0.15) is 67.9 Å². The number of ether oxygens (including phenoxy) is 1.